The number of rotatable bonds is 1. The van der Waals surface area contributed by atoms with Crippen LogP contribution < -0.4 is 5.32 Å². The highest BCUT2D eigenvalue weighted by Crippen LogP contribution is 2.53. The van der Waals surface area contributed by atoms with E-state index in [9.17, 15) is 0 Å². The molecule has 1 saturated heterocycles. The zero-order valence-electron chi connectivity index (χ0n) is 10.5. The van der Waals surface area contributed by atoms with E-state index >= 15 is 0 Å². The molecule has 0 aromatic carbocycles. The average molecular weight is 291 g/mol. The zero-order valence-corrected chi connectivity index (χ0v) is 12.1. The summed E-state index contributed by atoms with van der Waals surface area (Å²) in [6.07, 6.45) is 8.88. The number of hydrogen-bond acceptors (Lipinski definition) is 3. The van der Waals surface area contributed by atoms with Crippen LogP contribution in [0.4, 0.5) is 0 Å². The van der Waals surface area contributed by atoms with Gasteiger partial charge in [0.2, 0.25) is 0 Å². The fourth-order valence-electron chi connectivity index (χ4n) is 3.69. The second-order valence-electron chi connectivity index (χ2n) is 5.32. The van der Waals surface area contributed by atoms with E-state index in [4.69, 9.17) is 16.6 Å². The van der Waals surface area contributed by atoms with Gasteiger partial charge in [-0.25, -0.2) is 0 Å². The molecule has 1 aromatic heterocycles. The quantitative estimate of drug-likeness (QED) is 0.837. The van der Waals surface area contributed by atoms with E-state index in [0.717, 1.165) is 30.3 Å². The molecule has 1 N–H and O–H groups in total. The molecule has 1 fully saturated rings. The number of hydrogen-bond donors (Lipinski definition) is 1. The van der Waals surface area contributed by atoms with Crippen LogP contribution >= 0.6 is 22.9 Å². The van der Waals surface area contributed by atoms with Crippen LogP contribution in [0, 0.1) is 5.41 Å². The zero-order chi connectivity index (χ0) is 12.9. The molecule has 19 heavy (non-hydrogen) atoms. The number of nitrogens with zero attached hydrogens (tertiary/aromatic N) is 1. The summed E-state index contributed by atoms with van der Waals surface area (Å²) in [5.41, 5.74) is 2.88. The molecule has 3 aliphatic rings. The smallest absolute Gasteiger partial charge is 0.0931 e. The Balaban J connectivity index is 1.85. The molecular weight excluding hydrogens is 276 g/mol. The van der Waals surface area contributed by atoms with Crippen LogP contribution in [0.15, 0.2) is 40.9 Å². The Morgan fingerprint density at radius 1 is 1.42 bits per heavy atom. The first-order valence-corrected chi connectivity index (χ1v) is 7.91. The maximum absolute atomic E-state index is 6.13. The van der Waals surface area contributed by atoms with E-state index in [2.05, 4.69) is 29.6 Å². The average Bonchev–Trinajstić information content (AvgIpc) is 3.02. The van der Waals surface area contributed by atoms with Gasteiger partial charge in [0.15, 0.2) is 0 Å². The summed E-state index contributed by atoms with van der Waals surface area (Å²) in [5.74, 6) is 0. The van der Waals surface area contributed by atoms with Gasteiger partial charge in [-0.05, 0) is 37.6 Å². The third kappa shape index (κ3) is 1.62. The van der Waals surface area contributed by atoms with E-state index in [-0.39, 0.29) is 5.41 Å². The monoisotopic (exact) mass is 290 g/mol. The van der Waals surface area contributed by atoms with Gasteiger partial charge in [0.05, 0.1) is 15.8 Å². The van der Waals surface area contributed by atoms with Gasteiger partial charge in [-0.15, -0.1) is 11.3 Å². The highest BCUT2D eigenvalue weighted by Gasteiger charge is 2.50. The molecule has 2 aliphatic heterocycles. The number of nitrogens with one attached hydrogen (secondary N) is 1. The van der Waals surface area contributed by atoms with Crippen LogP contribution in [0.3, 0.4) is 0 Å². The maximum atomic E-state index is 6.13. The van der Waals surface area contributed by atoms with E-state index in [1.54, 1.807) is 16.9 Å². The standard InChI is InChI=1S/C15H15ClN2S/c16-13-5-4-11(19-13)14-15-7-9-17-12(15)3-1-2-10(15)6-8-18-14/h1-5,14,18H,6-9H2/t14-,15?/m1/s1. The van der Waals surface area contributed by atoms with Crippen molar-refractivity contribution in [3.8, 4) is 0 Å². The Morgan fingerprint density at radius 2 is 2.37 bits per heavy atom. The Kier molecular flexibility index (Phi) is 2.69. The molecule has 0 saturated carbocycles. The Labute approximate surface area is 121 Å². The van der Waals surface area contributed by atoms with Crippen LogP contribution in [-0.4, -0.2) is 18.8 Å². The Hall–Kier alpha value is -0.900. The molecule has 0 amide bonds. The molecule has 1 aliphatic carbocycles. The highest BCUT2D eigenvalue weighted by molar-refractivity contribution is 7.16. The van der Waals surface area contributed by atoms with E-state index < -0.39 is 0 Å². The van der Waals surface area contributed by atoms with Crippen molar-refractivity contribution in [3.63, 3.8) is 0 Å². The summed E-state index contributed by atoms with van der Waals surface area (Å²) in [6.45, 7) is 1.98. The SMILES string of the molecule is Clc1ccc([C@H]2NCCC3=CC=CC4=NCCC342)s1. The predicted octanol–water partition coefficient (Wildman–Crippen LogP) is 3.76. The van der Waals surface area contributed by atoms with E-state index in [1.807, 2.05) is 6.07 Å². The van der Waals surface area contributed by atoms with Gasteiger partial charge in [0.1, 0.15) is 0 Å². The van der Waals surface area contributed by atoms with Crippen LogP contribution in [0.2, 0.25) is 4.34 Å². The van der Waals surface area contributed by atoms with Crippen molar-refractivity contribution < 1.29 is 0 Å². The number of allylic oxidation sites excluding steroid dienone is 3. The maximum Gasteiger partial charge on any atom is 0.0931 e. The lowest BCUT2D eigenvalue weighted by Crippen LogP contribution is -2.48. The normalized spacial score (nSPS) is 32.6. The number of halogens is 1. The molecule has 1 aromatic rings. The van der Waals surface area contributed by atoms with Crippen molar-refractivity contribution in [2.24, 2.45) is 10.4 Å². The van der Waals surface area contributed by atoms with Gasteiger partial charge in [-0.2, -0.15) is 0 Å². The Morgan fingerprint density at radius 3 is 3.21 bits per heavy atom. The van der Waals surface area contributed by atoms with E-state index in [1.165, 1.54) is 10.6 Å². The number of piperidine rings is 1. The molecule has 0 bridgehead atoms. The summed E-state index contributed by atoms with van der Waals surface area (Å²) in [5, 5.41) is 3.71. The molecule has 0 radical (unpaired) electrons. The molecule has 4 heteroatoms. The number of aliphatic imine (C=N–C) groups is 1. The third-order valence-electron chi connectivity index (χ3n) is 4.48. The second-order valence-corrected chi connectivity index (χ2v) is 7.07. The van der Waals surface area contributed by atoms with Gasteiger partial charge in [-0.3, -0.25) is 4.99 Å². The predicted molar refractivity (Wildman–Crippen MR) is 81.3 cm³/mol. The van der Waals surface area contributed by atoms with Crippen molar-refractivity contribution >= 4 is 28.6 Å². The molecule has 1 spiro atoms. The molecule has 1 unspecified atom stereocenters. The molecule has 4 rings (SSSR count). The largest absolute Gasteiger partial charge is 0.308 e. The van der Waals surface area contributed by atoms with Crippen LogP contribution in [-0.2, 0) is 0 Å². The van der Waals surface area contributed by atoms with Gasteiger partial charge in [0, 0.05) is 17.1 Å². The minimum Gasteiger partial charge on any atom is -0.308 e. The summed E-state index contributed by atoms with van der Waals surface area (Å²) in [4.78, 5) is 6.07. The molecule has 3 heterocycles. The van der Waals surface area contributed by atoms with Crippen LogP contribution in [0.1, 0.15) is 23.8 Å². The Bertz CT molecular complexity index is 613. The summed E-state index contributed by atoms with van der Waals surface area (Å²) in [7, 11) is 0. The molecule has 98 valence electrons. The minimum absolute atomic E-state index is 0.0845. The van der Waals surface area contributed by atoms with Crippen molar-refractivity contribution in [2.45, 2.75) is 18.9 Å². The molecule has 2 nitrogen and oxygen atoms in total. The molecular formula is C15H15ClN2S. The van der Waals surface area contributed by atoms with Crippen molar-refractivity contribution in [1.82, 2.24) is 5.32 Å². The summed E-state index contributed by atoms with van der Waals surface area (Å²) >= 11 is 7.82. The van der Waals surface area contributed by atoms with Crippen molar-refractivity contribution in [1.29, 1.82) is 0 Å². The third-order valence-corrected chi connectivity index (χ3v) is 5.78. The lowest BCUT2D eigenvalue weighted by atomic mass is 9.64. The fourth-order valence-corrected chi connectivity index (χ4v) is 4.92. The fraction of sp³-hybridized carbons (Fsp3) is 0.400. The van der Waals surface area contributed by atoms with E-state index in [0.29, 0.717) is 6.04 Å². The van der Waals surface area contributed by atoms with Crippen molar-refractivity contribution in [3.05, 3.63) is 45.1 Å². The van der Waals surface area contributed by atoms with Gasteiger partial charge < -0.3 is 5.32 Å². The highest BCUT2D eigenvalue weighted by atomic mass is 35.5. The first kappa shape index (κ1) is 11.9. The second kappa shape index (κ2) is 4.30. The van der Waals surface area contributed by atoms with Gasteiger partial charge in [0.25, 0.3) is 0 Å². The first-order chi connectivity index (χ1) is 9.30. The minimum atomic E-state index is 0.0845. The van der Waals surface area contributed by atoms with Gasteiger partial charge >= 0.3 is 0 Å². The topological polar surface area (TPSA) is 24.4 Å². The van der Waals surface area contributed by atoms with Gasteiger partial charge in [-0.1, -0.05) is 29.3 Å². The number of thiophene rings is 1. The summed E-state index contributed by atoms with van der Waals surface area (Å²) < 4.78 is 0.868. The first-order valence-electron chi connectivity index (χ1n) is 6.72. The van der Waals surface area contributed by atoms with Crippen LogP contribution in [0.5, 0.6) is 0 Å². The lowest BCUT2D eigenvalue weighted by molar-refractivity contribution is 0.295. The summed E-state index contributed by atoms with van der Waals surface area (Å²) in [6, 6.07) is 4.50. The van der Waals surface area contributed by atoms with Crippen molar-refractivity contribution in [2.75, 3.05) is 13.1 Å². The lowest BCUT2D eigenvalue weighted by Gasteiger charge is -2.45. The van der Waals surface area contributed by atoms with Crippen LogP contribution in [0.25, 0.3) is 0 Å². The molecule has 2 atom stereocenters.